The van der Waals surface area contributed by atoms with Gasteiger partial charge in [0, 0.05) is 22.0 Å². The Labute approximate surface area is 256 Å². The molecule has 4 rings (SSSR count). The summed E-state index contributed by atoms with van der Waals surface area (Å²) in [5.74, 6) is 1.06. The van der Waals surface area contributed by atoms with Gasteiger partial charge >= 0.3 is 0 Å². The van der Waals surface area contributed by atoms with E-state index >= 15 is 0 Å². The standard InChI is InChI=1S/C39H48NOP/c1-9-24-39(10-2,42-37-28(3)18-17-23-34(37)30(5)40-33-21-15-12-16-22-33)35-26-32(38(6,7)8)25-29(4)36(35)41-27-31-19-13-11-14-20-31/h11-23,25-26,42H,9-10,24,27H2,1-8H3. The van der Waals surface area contributed by atoms with Gasteiger partial charge < -0.3 is 4.74 Å². The zero-order chi connectivity index (χ0) is 30.3. The van der Waals surface area contributed by atoms with E-state index in [0.29, 0.717) is 15.2 Å². The van der Waals surface area contributed by atoms with Crippen LogP contribution in [0.3, 0.4) is 0 Å². The predicted octanol–water partition coefficient (Wildman–Crippen LogP) is 10.7. The molecular formula is C39H48NOP. The van der Waals surface area contributed by atoms with Crippen LogP contribution in [0.2, 0.25) is 0 Å². The Morgan fingerprint density at radius 3 is 2.10 bits per heavy atom. The fourth-order valence-electron chi connectivity index (χ4n) is 5.76. The first kappa shape index (κ1) is 31.7. The maximum atomic E-state index is 6.78. The molecule has 2 atom stereocenters. The summed E-state index contributed by atoms with van der Waals surface area (Å²) < 4.78 is 6.78. The van der Waals surface area contributed by atoms with Gasteiger partial charge in [-0.15, -0.1) is 0 Å². The normalized spacial score (nSPS) is 13.9. The van der Waals surface area contributed by atoms with Crippen molar-refractivity contribution < 1.29 is 4.74 Å². The maximum absolute atomic E-state index is 6.78. The number of para-hydroxylation sites is 1. The number of ether oxygens (including phenoxy) is 1. The Kier molecular flexibility index (Phi) is 10.4. The maximum Gasteiger partial charge on any atom is 0.126 e. The first-order chi connectivity index (χ1) is 20.1. The molecule has 0 bridgehead atoms. The van der Waals surface area contributed by atoms with Crippen LogP contribution >= 0.6 is 8.58 Å². The van der Waals surface area contributed by atoms with E-state index in [1.54, 1.807) is 0 Å². The molecular weight excluding hydrogens is 529 g/mol. The molecule has 0 aromatic heterocycles. The zero-order valence-corrected chi connectivity index (χ0v) is 27.8. The molecule has 0 heterocycles. The molecule has 0 aliphatic heterocycles. The minimum absolute atomic E-state index is 0.0407. The minimum Gasteiger partial charge on any atom is -0.488 e. The van der Waals surface area contributed by atoms with Crippen molar-refractivity contribution in [3.8, 4) is 5.75 Å². The third-order valence-corrected chi connectivity index (χ3v) is 10.5. The highest BCUT2D eigenvalue weighted by Crippen LogP contribution is 2.53. The number of benzene rings is 4. The van der Waals surface area contributed by atoms with E-state index in [-0.39, 0.29) is 10.6 Å². The third-order valence-electron chi connectivity index (χ3n) is 8.24. The van der Waals surface area contributed by atoms with E-state index in [9.17, 15) is 0 Å². The van der Waals surface area contributed by atoms with Crippen LogP contribution in [0.1, 0.15) is 94.2 Å². The summed E-state index contributed by atoms with van der Waals surface area (Å²) in [6.45, 7) is 18.8. The van der Waals surface area contributed by atoms with Gasteiger partial charge in [0.2, 0.25) is 0 Å². The number of rotatable bonds is 11. The molecule has 42 heavy (non-hydrogen) atoms. The fraction of sp³-hybridized carbons (Fsp3) is 0.359. The van der Waals surface area contributed by atoms with Crippen LogP contribution < -0.4 is 10.0 Å². The van der Waals surface area contributed by atoms with Gasteiger partial charge in [0.1, 0.15) is 12.4 Å². The van der Waals surface area contributed by atoms with Crippen LogP contribution in [0.5, 0.6) is 5.75 Å². The third kappa shape index (κ3) is 7.40. The van der Waals surface area contributed by atoms with Crippen LogP contribution in [0.25, 0.3) is 0 Å². The number of aliphatic imine (C=N–C) groups is 1. The van der Waals surface area contributed by atoms with E-state index in [4.69, 9.17) is 9.73 Å². The van der Waals surface area contributed by atoms with Crippen LogP contribution in [0, 0.1) is 13.8 Å². The molecule has 4 aromatic carbocycles. The highest BCUT2D eigenvalue weighted by atomic mass is 31.1. The van der Waals surface area contributed by atoms with Gasteiger partial charge in [-0.2, -0.15) is 0 Å². The van der Waals surface area contributed by atoms with Crippen LogP contribution in [0.4, 0.5) is 5.69 Å². The first-order valence-corrected chi connectivity index (χ1v) is 16.4. The van der Waals surface area contributed by atoms with Gasteiger partial charge in [-0.05, 0) is 78.7 Å². The largest absolute Gasteiger partial charge is 0.488 e. The molecule has 0 aliphatic carbocycles. The Balaban J connectivity index is 1.88. The molecule has 2 unspecified atom stereocenters. The number of hydrogen-bond donors (Lipinski definition) is 0. The van der Waals surface area contributed by atoms with Crippen molar-refractivity contribution in [2.45, 2.75) is 91.8 Å². The topological polar surface area (TPSA) is 21.6 Å². The van der Waals surface area contributed by atoms with Gasteiger partial charge in [0.05, 0.1) is 5.69 Å². The Morgan fingerprint density at radius 1 is 0.810 bits per heavy atom. The monoisotopic (exact) mass is 577 g/mol. The molecule has 0 spiro atoms. The molecule has 0 amide bonds. The molecule has 0 N–H and O–H groups in total. The summed E-state index contributed by atoms with van der Waals surface area (Å²) in [6.07, 6.45) is 3.24. The fourth-order valence-corrected chi connectivity index (χ4v) is 7.79. The van der Waals surface area contributed by atoms with Crippen molar-refractivity contribution in [3.05, 3.63) is 124 Å². The van der Waals surface area contributed by atoms with Crippen molar-refractivity contribution in [1.82, 2.24) is 0 Å². The van der Waals surface area contributed by atoms with Crippen molar-refractivity contribution in [2.75, 3.05) is 0 Å². The second-order valence-corrected chi connectivity index (χ2v) is 14.2. The lowest BCUT2D eigenvalue weighted by molar-refractivity contribution is 0.295. The lowest BCUT2D eigenvalue weighted by atomic mass is 9.81. The van der Waals surface area contributed by atoms with Crippen molar-refractivity contribution in [2.24, 2.45) is 4.99 Å². The second kappa shape index (κ2) is 13.8. The predicted molar refractivity (Wildman–Crippen MR) is 185 cm³/mol. The van der Waals surface area contributed by atoms with E-state index < -0.39 is 0 Å². The van der Waals surface area contributed by atoms with Gasteiger partial charge in [-0.1, -0.05) is 128 Å². The highest BCUT2D eigenvalue weighted by molar-refractivity contribution is 7.49. The molecule has 220 valence electrons. The Bertz CT molecular complexity index is 1500. The molecule has 0 aliphatic rings. The number of nitrogens with zero attached hydrogens (tertiary/aromatic N) is 1. The molecule has 0 saturated carbocycles. The number of aryl methyl sites for hydroxylation is 2. The van der Waals surface area contributed by atoms with Crippen LogP contribution in [-0.2, 0) is 17.2 Å². The lowest BCUT2D eigenvalue weighted by Crippen LogP contribution is -2.27. The minimum atomic E-state index is -0.0549. The Hall–Kier alpha value is -3.22. The van der Waals surface area contributed by atoms with Crippen LogP contribution in [-0.4, -0.2) is 5.71 Å². The van der Waals surface area contributed by atoms with Gasteiger partial charge in [0.15, 0.2) is 0 Å². The van der Waals surface area contributed by atoms with E-state index in [1.807, 2.05) is 6.07 Å². The molecule has 2 nitrogen and oxygen atoms in total. The van der Waals surface area contributed by atoms with E-state index in [0.717, 1.165) is 36.4 Å². The van der Waals surface area contributed by atoms with Crippen LogP contribution in [0.15, 0.2) is 96.0 Å². The average molecular weight is 578 g/mol. The van der Waals surface area contributed by atoms with E-state index in [2.05, 4.69) is 140 Å². The SMILES string of the molecule is CCCC(CC)(Pc1c(C)cccc1C(C)=Nc1ccccc1)c1cc(C(C)(C)C)cc(C)c1OCc1ccccc1. The summed E-state index contributed by atoms with van der Waals surface area (Å²) in [6, 6.07) is 32.3. The Morgan fingerprint density at radius 2 is 1.48 bits per heavy atom. The lowest BCUT2D eigenvalue weighted by Gasteiger charge is -2.38. The van der Waals surface area contributed by atoms with Gasteiger partial charge in [0.25, 0.3) is 0 Å². The van der Waals surface area contributed by atoms with Crippen molar-refractivity contribution in [3.63, 3.8) is 0 Å². The summed E-state index contributed by atoms with van der Waals surface area (Å²) in [5.41, 5.74) is 9.82. The number of hydrogen-bond acceptors (Lipinski definition) is 2. The summed E-state index contributed by atoms with van der Waals surface area (Å²) >= 11 is 0. The first-order valence-electron chi connectivity index (χ1n) is 15.4. The highest BCUT2D eigenvalue weighted by Gasteiger charge is 2.36. The van der Waals surface area contributed by atoms with Crippen molar-refractivity contribution >= 4 is 25.3 Å². The zero-order valence-electron chi connectivity index (χ0n) is 26.8. The van der Waals surface area contributed by atoms with Crippen molar-refractivity contribution in [1.29, 1.82) is 0 Å². The smallest absolute Gasteiger partial charge is 0.126 e. The average Bonchev–Trinajstić information content (AvgIpc) is 2.97. The second-order valence-electron chi connectivity index (χ2n) is 12.5. The molecule has 3 heteroatoms. The summed E-state index contributed by atoms with van der Waals surface area (Å²) in [5, 5.41) is 1.36. The van der Waals surface area contributed by atoms with Gasteiger partial charge in [-0.3, -0.25) is 4.99 Å². The molecule has 0 saturated heterocycles. The summed E-state index contributed by atoms with van der Waals surface area (Å²) in [4.78, 5) is 5.04. The molecule has 4 aromatic rings. The van der Waals surface area contributed by atoms with E-state index in [1.165, 1.54) is 38.7 Å². The molecule has 0 fully saturated rings. The van der Waals surface area contributed by atoms with Gasteiger partial charge in [-0.25, -0.2) is 0 Å². The molecule has 0 radical (unpaired) electrons. The summed E-state index contributed by atoms with van der Waals surface area (Å²) in [7, 11) is 0.584. The quantitative estimate of drug-likeness (QED) is 0.128.